The van der Waals surface area contributed by atoms with Gasteiger partial charge < -0.3 is 0 Å². The first-order chi connectivity index (χ1) is 14.0. The van der Waals surface area contributed by atoms with Gasteiger partial charge in [0.25, 0.3) is 11.6 Å². The fourth-order valence-electron chi connectivity index (χ4n) is 2.94. The van der Waals surface area contributed by atoms with Crippen LogP contribution in [0.4, 0.5) is 10.8 Å². The van der Waals surface area contributed by atoms with Crippen LogP contribution in [-0.4, -0.2) is 20.8 Å². The number of carbonyl (C=O) groups excluding carboxylic acids is 1. The topological polar surface area (TPSA) is 89.2 Å². The summed E-state index contributed by atoms with van der Waals surface area (Å²) in [5, 5.41) is 11.7. The number of nitro benzene ring substituents is 1. The molecule has 0 aliphatic carbocycles. The summed E-state index contributed by atoms with van der Waals surface area (Å²) in [4.78, 5) is 34.1. The third-order valence-corrected chi connectivity index (χ3v) is 5.44. The number of amides is 1. The Bertz CT molecular complexity index is 1210. The maximum Gasteiger partial charge on any atom is 0.270 e. The van der Waals surface area contributed by atoms with E-state index in [2.05, 4.69) is 9.97 Å². The van der Waals surface area contributed by atoms with E-state index in [0.29, 0.717) is 5.13 Å². The molecule has 4 rings (SSSR count). The molecule has 29 heavy (non-hydrogen) atoms. The van der Waals surface area contributed by atoms with E-state index in [1.807, 2.05) is 37.3 Å². The number of carbonyl (C=O) groups is 1. The smallest absolute Gasteiger partial charge is 0.270 e. The first-order valence-corrected chi connectivity index (χ1v) is 9.65. The fourth-order valence-corrected chi connectivity index (χ4v) is 4.00. The average Bonchev–Trinajstić information content (AvgIpc) is 3.15. The first kappa shape index (κ1) is 18.7. The van der Waals surface area contributed by atoms with Gasteiger partial charge in [0.1, 0.15) is 0 Å². The van der Waals surface area contributed by atoms with Crippen molar-refractivity contribution >= 4 is 38.3 Å². The van der Waals surface area contributed by atoms with Crippen LogP contribution in [0.25, 0.3) is 10.2 Å². The number of hydrogen-bond donors (Lipinski definition) is 0. The van der Waals surface area contributed by atoms with Crippen LogP contribution in [-0.2, 0) is 6.54 Å². The number of thiazole rings is 1. The second kappa shape index (κ2) is 7.76. The minimum absolute atomic E-state index is 0.125. The molecule has 0 unspecified atom stereocenters. The van der Waals surface area contributed by atoms with E-state index in [0.717, 1.165) is 21.3 Å². The van der Waals surface area contributed by atoms with E-state index in [1.165, 1.54) is 29.5 Å². The first-order valence-electron chi connectivity index (χ1n) is 8.84. The Morgan fingerprint density at radius 3 is 2.69 bits per heavy atom. The zero-order valence-corrected chi connectivity index (χ0v) is 16.3. The molecule has 0 saturated carbocycles. The number of anilines is 1. The van der Waals surface area contributed by atoms with Crippen LogP contribution in [0, 0.1) is 17.0 Å². The molecule has 7 nitrogen and oxygen atoms in total. The second-order valence-corrected chi connectivity index (χ2v) is 7.53. The lowest BCUT2D eigenvalue weighted by Gasteiger charge is -2.20. The molecule has 0 bridgehead atoms. The Hall–Kier alpha value is -3.65. The highest BCUT2D eigenvalue weighted by Crippen LogP contribution is 2.31. The molecule has 144 valence electrons. The van der Waals surface area contributed by atoms with E-state index in [9.17, 15) is 14.9 Å². The number of pyridine rings is 1. The van der Waals surface area contributed by atoms with Gasteiger partial charge in [-0.05, 0) is 48.4 Å². The molecule has 0 aliphatic rings. The van der Waals surface area contributed by atoms with Crippen molar-refractivity contribution in [3.63, 3.8) is 0 Å². The predicted molar refractivity (Wildman–Crippen MR) is 112 cm³/mol. The monoisotopic (exact) mass is 404 g/mol. The third-order valence-electron chi connectivity index (χ3n) is 4.40. The van der Waals surface area contributed by atoms with Gasteiger partial charge in [0.05, 0.1) is 21.7 Å². The minimum Gasteiger partial charge on any atom is -0.279 e. The normalized spacial score (nSPS) is 10.8. The van der Waals surface area contributed by atoms with Gasteiger partial charge in [0, 0.05) is 30.1 Å². The number of nitro groups is 1. The summed E-state index contributed by atoms with van der Waals surface area (Å²) < 4.78 is 0.978. The number of nitrogens with zero attached hydrogens (tertiary/aromatic N) is 4. The lowest BCUT2D eigenvalue weighted by atomic mass is 10.1. The van der Waals surface area contributed by atoms with Crippen LogP contribution in [0.3, 0.4) is 0 Å². The summed E-state index contributed by atoms with van der Waals surface area (Å²) in [5.41, 5.74) is 2.91. The van der Waals surface area contributed by atoms with Crippen LogP contribution < -0.4 is 4.90 Å². The van der Waals surface area contributed by atoms with Gasteiger partial charge >= 0.3 is 0 Å². The molecule has 1 amide bonds. The molecule has 2 heterocycles. The summed E-state index contributed by atoms with van der Waals surface area (Å²) in [6.07, 6.45) is 3.32. The number of fused-ring (bicyclic) bond motifs is 1. The quantitative estimate of drug-likeness (QED) is 0.354. The van der Waals surface area contributed by atoms with E-state index < -0.39 is 4.92 Å². The third kappa shape index (κ3) is 3.97. The zero-order chi connectivity index (χ0) is 20.4. The van der Waals surface area contributed by atoms with Gasteiger partial charge in [-0.15, -0.1) is 0 Å². The van der Waals surface area contributed by atoms with Crippen LogP contribution in [0.1, 0.15) is 21.5 Å². The predicted octanol–water partition coefficient (Wildman–Crippen LogP) is 4.75. The Morgan fingerprint density at radius 2 is 1.93 bits per heavy atom. The average molecular weight is 404 g/mol. The van der Waals surface area contributed by atoms with Crippen molar-refractivity contribution in [2.24, 2.45) is 0 Å². The van der Waals surface area contributed by atoms with Gasteiger partial charge in [-0.3, -0.25) is 24.8 Å². The molecule has 2 aromatic heterocycles. The van der Waals surface area contributed by atoms with Gasteiger partial charge in [-0.25, -0.2) is 4.98 Å². The molecule has 2 aromatic carbocycles. The molecule has 0 radical (unpaired) electrons. The molecular formula is C21H16N4O3S. The Kier molecular flexibility index (Phi) is 5.01. The van der Waals surface area contributed by atoms with E-state index in [-0.39, 0.29) is 23.7 Å². The molecule has 0 aliphatic heterocycles. The minimum atomic E-state index is -0.509. The van der Waals surface area contributed by atoms with Gasteiger partial charge in [-0.2, -0.15) is 0 Å². The molecule has 4 aromatic rings. The van der Waals surface area contributed by atoms with Crippen molar-refractivity contribution in [3.05, 3.63) is 93.8 Å². The van der Waals surface area contributed by atoms with Crippen molar-refractivity contribution in [2.75, 3.05) is 4.90 Å². The maximum atomic E-state index is 13.3. The number of non-ortho nitro benzene ring substituents is 1. The summed E-state index contributed by atoms with van der Waals surface area (Å²) in [6.45, 7) is 2.28. The second-order valence-electron chi connectivity index (χ2n) is 6.52. The van der Waals surface area contributed by atoms with Gasteiger partial charge in [0.15, 0.2) is 5.13 Å². The standard InChI is InChI=1S/C21H16N4O3S/c1-14-5-6-18-19(11-14)29-21(23-18)24(13-15-7-9-22-10-8-15)20(26)16-3-2-4-17(12-16)25(27)28/h2-12H,13H2,1H3. The summed E-state index contributed by atoms with van der Waals surface area (Å²) >= 11 is 1.42. The lowest BCUT2D eigenvalue weighted by molar-refractivity contribution is -0.384. The van der Waals surface area contributed by atoms with Gasteiger partial charge in [-0.1, -0.05) is 23.5 Å². The van der Waals surface area contributed by atoms with Crippen LogP contribution >= 0.6 is 11.3 Å². The van der Waals surface area contributed by atoms with Crippen molar-refractivity contribution < 1.29 is 9.72 Å². The summed E-state index contributed by atoms with van der Waals surface area (Å²) in [6, 6.07) is 15.3. The van der Waals surface area contributed by atoms with E-state index in [4.69, 9.17) is 0 Å². The van der Waals surface area contributed by atoms with Crippen molar-refractivity contribution in [3.8, 4) is 0 Å². The van der Waals surface area contributed by atoms with Crippen LogP contribution in [0.5, 0.6) is 0 Å². The summed E-state index contributed by atoms with van der Waals surface area (Å²) in [7, 11) is 0. The Morgan fingerprint density at radius 1 is 1.14 bits per heavy atom. The molecule has 0 saturated heterocycles. The Balaban J connectivity index is 1.77. The SMILES string of the molecule is Cc1ccc2nc(N(Cc3ccncc3)C(=O)c3cccc([N+](=O)[O-])c3)sc2c1. The van der Waals surface area contributed by atoms with Crippen LogP contribution in [0.2, 0.25) is 0 Å². The fraction of sp³-hybridized carbons (Fsp3) is 0.0952. The summed E-state index contributed by atoms with van der Waals surface area (Å²) in [5.74, 6) is -0.346. The highest BCUT2D eigenvalue weighted by molar-refractivity contribution is 7.22. The highest BCUT2D eigenvalue weighted by Gasteiger charge is 2.23. The number of aryl methyl sites for hydroxylation is 1. The highest BCUT2D eigenvalue weighted by atomic mass is 32.1. The largest absolute Gasteiger partial charge is 0.279 e. The van der Waals surface area contributed by atoms with Gasteiger partial charge in [0.2, 0.25) is 0 Å². The molecule has 0 spiro atoms. The Labute approximate surface area is 170 Å². The molecule has 0 atom stereocenters. The van der Waals surface area contributed by atoms with E-state index in [1.54, 1.807) is 23.4 Å². The molecular weight excluding hydrogens is 388 g/mol. The maximum absolute atomic E-state index is 13.3. The lowest BCUT2D eigenvalue weighted by Crippen LogP contribution is -2.30. The number of benzene rings is 2. The van der Waals surface area contributed by atoms with Crippen molar-refractivity contribution in [1.82, 2.24) is 9.97 Å². The molecule has 0 N–H and O–H groups in total. The number of aromatic nitrogens is 2. The number of rotatable bonds is 5. The van der Waals surface area contributed by atoms with E-state index >= 15 is 0 Å². The van der Waals surface area contributed by atoms with Crippen molar-refractivity contribution in [2.45, 2.75) is 13.5 Å². The molecule has 0 fully saturated rings. The zero-order valence-electron chi connectivity index (χ0n) is 15.5. The molecule has 8 heteroatoms. The number of hydrogen-bond acceptors (Lipinski definition) is 6. The van der Waals surface area contributed by atoms with Crippen LogP contribution in [0.15, 0.2) is 67.0 Å². The van der Waals surface area contributed by atoms with Crippen molar-refractivity contribution in [1.29, 1.82) is 0 Å².